The van der Waals surface area contributed by atoms with Crippen LogP contribution >= 0.6 is 0 Å². The van der Waals surface area contributed by atoms with E-state index in [1.807, 2.05) is 0 Å². The Morgan fingerprint density at radius 1 is 0.643 bits per heavy atom. The molecule has 0 unspecified atom stereocenters. The lowest BCUT2D eigenvalue weighted by Gasteiger charge is -2.26. The third kappa shape index (κ3) is 4.28. The molecule has 14 heavy (non-hydrogen) atoms. The van der Waals surface area contributed by atoms with Gasteiger partial charge in [0.15, 0.2) is 0 Å². The summed E-state index contributed by atoms with van der Waals surface area (Å²) in [4.78, 5) is 0. The summed E-state index contributed by atoms with van der Waals surface area (Å²) in [7, 11) is 2.89. The van der Waals surface area contributed by atoms with Crippen LogP contribution in [0.3, 0.4) is 0 Å². The molecule has 0 aliphatic heterocycles. The van der Waals surface area contributed by atoms with Gasteiger partial charge in [-0.1, -0.05) is 32.1 Å². The average molecular weight is 230 g/mol. The first-order chi connectivity index (χ1) is 6.95. The molecule has 3 heteroatoms. The van der Waals surface area contributed by atoms with Gasteiger partial charge in [0.2, 0.25) is 0 Å². The largest absolute Gasteiger partial charge is 0.311 e. The zero-order valence-electron chi connectivity index (χ0n) is 10.0. The highest BCUT2D eigenvalue weighted by molar-refractivity contribution is 6.75. The number of nitrogens with one attached hydrogen (secondary N) is 1. The van der Waals surface area contributed by atoms with Crippen LogP contribution in [0.2, 0.25) is 0 Å². The quantitative estimate of drug-likeness (QED) is 0.680. The van der Waals surface area contributed by atoms with E-state index < -0.39 is 0 Å². The molecule has 1 N–H and O–H groups in total. The summed E-state index contributed by atoms with van der Waals surface area (Å²) in [5, 5.41) is 3.82. The fraction of sp³-hybridized carbons (Fsp3) is 1.00. The van der Waals surface area contributed by atoms with Gasteiger partial charge in [-0.3, -0.25) is 0 Å². The highest BCUT2D eigenvalue weighted by Crippen LogP contribution is 2.22. The molecule has 0 aromatic rings. The van der Waals surface area contributed by atoms with Crippen LogP contribution in [-0.4, -0.2) is 31.6 Å². The Hall–Kier alpha value is 0.394. The topological polar surface area (TPSA) is 12.0 Å². The van der Waals surface area contributed by atoms with E-state index in [-0.39, 0.29) is 0 Å². The van der Waals surface area contributed by atoms with Crippen molar-refractivity contribution in [3.63, 3.8) is 0 Å². The van der Waals surface area contributed by atoms with Gasteiger partial charge in [-0.2, -0.15) is 0 Å². The monoisotopic (exact) mass is 229 g/mol. The van der Waals surface area contributed by atoms with Gasteiger partial charge >= 0.3 is 0 Å². The van der Waals surface area contributed by atoms with Crippen molar-refractivity contribution in [2.24, 2.45) is 0 Å². The van der Waals surface area contributed by atoms with Gasteiger partial charge in [-0.05, 0) is 45.2 Å². The lowest BCUT2D eigenvalue weighted by Crippen LogP contribution is -2.37. The minimum Gasteiger partial charge on any atom is -0.311 e. The van der Waals surface area contributed by atoms with E-state index in [4.69, 9.17) is 0 Å². The molecular weight excluding hydrogens is 202 g/mol. The second kappa shape index (κ2) is 7.66. The van der Waals surface area contributed by atoms with Crippen molar-refractivity contribution in [2.75, 3.05) is 0 Å². The van der Waals surface area contributed by atoms with E-state index in [1.165, 1.54) is 77.3 Å². The van der Waals surface area contributed by atoms with Crippen molar-refractivity contribution < 1.29 is 0 Å². The Morgan fingerprint density at radius 2 is 1.00 bits per heavy atom. The molecule has 0 atom stereocenters. The van der Waals surface area contributed by atoms with E-state index in [1.54, 1.807) is 0 Å². The summed E-state index contributed by atoms with van der Waals surface area (Å²) in [6, 6.07) is 1.76. The molecule has 0 saturated heterocycles. The van der Waals surface area contributed by atoms with Crippen LogP contribution in [0.4, 0.5) is 0 Å². The molecule has 2 fully saturated rings. The van der Waals surface area contributed by atoms with E-state index in [9.17, 15) is 0 Å². The molecular formula is C11H27NSi2. The van der Waals surface area contributed by atoms with Gasteiger partial charge in [0.05, 0.1) is 0 Å². The Labute approximate surface area is 95.1 Å². The third-order valence-electron chi connectivity index (χ3n) is 3.43. The third-order valence-corrected chi connectivity index (χ3v) is 3.43. The molecule has 0 heterocycles. The summed E-state index contributed by atoms with van der Waals surface area (Å²) in [6.45, 7) is 0. The molecule has 2 saturated carbocycles. The Kier molecular flexibility index (Phi) is 6.81. The van der Waals surface area contributed by atoms with Gasteiger partial charge in [0.1, 0.15) is 0 Å². The van der Waals surface area contributed by atoms with Gasteiger partial charge in [0, 0.05) is 12.1 Å². The van der Waals surface area contributed by atoms with Crippen molar-refractivity contribution in [2.45, 2.75) is 69.9 Å². The predicted molar refractivity (Wildman–Crippen MR) is 72.1 cm³/mol. The van der Waals surface area contributed by atoms with Crippen molar-refractivity contribution in [3.05, 3.63) is 0 Å². The minimum atomic E-state index is 0.877. The molecule has 0 aromatic carbocycles. The smallest absolute Gasteiger partial charge is 0.00696 e. The molecule has 0 aromatic heterocycles. The fourth-order valence-electron chi connectivity index (χ4n) is 2.70. The normalized spacial score (nSPS) is 24.9. The van der Waals surface area contributed by atoms with Crippen LogP contribution in [0, 0.1) is 0 Å². The summed E-state index contributed by atoms with van der Waals surface area (Å²) < 4.78 is 0. The molecule has 2 rings (SSSR count). The van der Waals surface area contributed by atoms with E-state index >= 15 is 0 Å². The molecule has 2 aliphatic rings. The van der Waals surface area contributed by atoms with Crippen LogP contribution in [0.25, 0.3) is 0 Å². The van der Waals surface area contributed by atoms with Crippen molar-refractivity contribution in [3.8, 4) is 0 Å². The zero-order chi connectivity index (χ0) is 10.2. The summed E-state index contributed by atoms with van der Waals surface area (Å²) in [5.41, 5.74) is 0. The molecule has 2 aliphatic carbocycles. The molecule has 0 spiro atoms. The first-order valence-corrected chi connectivity index (χ1v) is 14.7. The lowest BCUT2D eigenvalue weighted by molar-refractivity contribution is 0.337. The maximum atomic E-state index is 3.82. The maximum absolute atomic E-state index is 3.82. The Morgan fingerprint density at radius 3 is 1.43 bits per heavy atom. The Bertz CT molecular complexity index is 129. The van der Waals surface area contributed by atoms with Crippen LogP contribution in [0.5, 0.6) is 0 Å². The summed E-state index contributed by atoms with van der Waals surface area (Å²) in [5.74, 6) is 0. The van der Waals surface area contributed by atoms with E-state index in [0.29, 0.717) is 0 Å². The highest BCUT2D eigenvalue weighted by Gasteiger charge is 2.20. The summed E-state index contributed by atoms with van der Waals surface area (Å²) >= 11 is 0. The van der Waals surface area contributed by atoms with Crippen molar-refractivity contribution in [1.82, 2.24) is 5.32 Å². The van der Waals surface area contributed by atoms with Gasteiger partial charge < -0.3 is 5.32 Å². The number of rotatable bonds is 2. The van der Waals surface area contributed by atoms with E-state index in [0.717, 1.165) is 12.1 Å². The average Bonchev–Trinajstić information content (AvgIpc) is 2.75. The first kappa shape index (κ1) is 12.5. The van der Waals surface area contributed by atoms with Gasteiger partial charge in [-0.15, -0.1) is 0 Å². The summed E-state index contributed by atoms with van der Waals surface area (Å²) in [6.07, 6.45) is 13.1. The van der Waals surface area contributed by atoms with Gasteiger partial charge in [-0.25, -0.2) is 0 Å². The zero-order valence-corrected chi connectivity index (χ0v) is 14.0. The number of hydrogen-bond donors (Lipinski definition) is 1. The molecule has 0 radical (unpaired) electrons. The first-order valence-electron chi connectivity index (χ1n) is 6.71. The second-order valence-corrected chi connectivity index (χ2v) is 4.48. The molecule has 0 bridgehead atoms. The predicted octanol–water partition coefficient (Wildman–Crippen LogP) is 0.483. The lowest BCUT2D eigenvalue weighted by atomic mass is 9.95. The highest BCUT2D eigenvalue weighted by atomic mass is 29.1. The van der Waals surface area contributed by atoms with E-state index in [2.05, 4.69) is 5.32 Å². The number of hydrogen-bond acceptors (Lipinski definition) is 1. The molecule has 1 nitrogen and oxygen atoms in total. The van der Waals surface area contributed by atoms with Crippen LogP contribution in [0.1, 0.15) is 57.8 Å². The Balaban J connectivity index is 0.000000461. The second-order valence-electron chi connectivity index (χ2n) is 4.48. The van der Waals surface area contributed by atoms with Crippen LogP contribution < -0.4 is 5.32 Å². The molecule has 0 amide bonds. The van der Waals surface area contributed by atoms with Crippen LogP contribution in [-0.2, 0) is 0 Å². The minimum absolute atomic E-state index is 0.877. The van der Waals surface area contributed by atoms with Crippen molar-refractivity contribution >= 4 is 19.5 Å². The van der Waals surface area contributed by atoms with Crippen LogP contribution in [0.15, 0.2) is 0 Å². The maximum Gasteiger partial charge on any atom is 0.00696 e. The van der Waals surface area contributed by atoms with Gasteiger partial charge in [0.25, 0.3) is 0 Å². The van der Waals surface area contributed by atoms with Crippen molar-refractivity contribution in [1.29, 1.82) is 0 Å². The fourth-order valence-corrected chi connectivity index (χ4v) is 2.70. The standard InChI is InChI=1S/C11H21N.H6Si2/c1-2-6-10(7-3-1)12-11-8-4-5-9-11;1-2/h10-12H,1-9H2;1-2H3. The molecule has 84 valence electrons. The SMILES string of the molecule is C1CCC(NC2CCCC2)CC1.[SiH3][SiH3].